The molecule has 0 radical (unpaired) electrons. The summed E-state index contributed by atoms with van der Waals surface area (Å²) in [7, 11) is -3.61. The Morgan fingerprint density at radius 3 is 1.21 bits per heavy atom. The number of carbonyl (C=O) groups excluding carboxylic acids is 3. The molecule has 7 N–H and O–H groups in total. The molecule has 16 rings (SSSR count). The molecule has 5 heterocycles. The first-order valence-electron chi connectivity index (χ1n) is 45.0. The summed E-state index contributed by atoms with van der Waals surface area (Å²) < 4.78 is 78.6. The number of hydrogen-bond donors (Lipinski definition) is 5. The SMILES string of the molecule is C.C1CCOC1.CC1CCC(C(=O)O)CC1.CC1CCC(CO)CC1.CC1CCC(COc2ncnc3cc(C(=O)O)ccc23)CC1.CCS(=O)(=O)c1ccc(CN)cc1.CCS(=O)(=O)c1ccc(CNC(=O)c2ccc3c(OCc4ccc(C)cc4)ncnc3c2)cc1.COC(=O)c1ccc2c(Cl)ncnc2c1.COC(=O)c1ccc2c(OCC3CCC(C)CC3)ncnc2c1.Cl.[AlH3].[H-].[Li+].[Na+].[OH-]. The number of aliphatic carboxylic acids is 1. The van der Waals surface area contributed by atoms with Crippen LogP contribution in [0.4, 0.5) is 0 Å². The van der Waals surface area contributed by atoms with Crippen molar-refractivity contribution in [2.45, 2.75) is 201 Å². The van der Waals surface area contributed by atoms with E-state index in [1.54, 1.807) is 129 Å². The van der Waals surface area contributed by atoms with Crippen LogP contribution in [0.2, 0.25) is 5.15 Å². The van der Waals surface area contributed by atoms with E-state index >= 15 is 0 Å². The summed E-state index contributed by atoms with van der Waals surface area (Å²) in [4.78, 5) is 90.8. The largest absolute Gasteiger partial charge is 1.00 e. The van der Waals surface area contributed by atoms with Gasteiger partial charge in [-0.1, -0.05) is 153 Å². The first-order chi connectivity index (χ1) is 63.0. The van der Waals surface area contributed by atoms with E-state index in [1.807, 2.05) is 37.3 Å². The van der Waals surface area contributed by atoms with Crippen molar-refractivity contribution >= 4 is 134 Å². The first-order valence-corrected chi connectivity index (χ1v) is 48.7. The molecule has 0 spiro atoms. The standard InChI is InChI=1S/C26H25N3O4S.C18H22N2O3.C17H20N2O3.C10H7ClN2O2.C9H13NO2S.C8H14O2.C8H16O.C4H8O.CH4.Al.ClH.Li.Na.H2O.4H/c1-3-34(31,32)22-11-8-19(9-12-22)15-27-25(30)21-10-13-23-24(14-21)28-17-29-26(23)33-16-20-6-4-18(2)5-7-20;1-12-3-5-13(6-4-12)10-23-17-15-8-7-14(18(21)22-2)9-16(15)19-11-20-17;1-11-2-4-12(5-3-11)9-22-16-14-7-6-13(17(20)21)8-15(14)18-10-19-16;1-15-10(14)6-2-3-7-8(4-6)12-5-13-9(7)11;1-2-13(11,12)9-5-3-8(7-10)4-6-9;1-6-2-4-7(5-3-6)8(9)10;1-7-2-4-8(6-9)5-3-7;1-2-4-5-3-1;;;;;;;;;;/h4-14,17H,3,15-16H2,1-2H3,(H,27,30);7-9,11-13H,3-6,10H2,1-2H3;6-8,10-12H,2-5,9H2,1H3,(H,20,21);2-5H,1H3;3-6H,2,7,10H2,1H3;6-7H,2-5H2,1H3,(H,9,10);7-9H,2-6H2,1H3;1-4H2;1H4;;1H;;;1H2;;;;/q;;;;;;;;;;;2*+1;;;;;-1/p-1. The van der Waals surface area contributed by atoms with Crippen molar-refractivity contribution in [2.75, 3.05) is 58.8 Å². The molecular formula is C101H135AlCl2LiN10NaO19S2. The summed E-state index contributed by atoms with van der Waals surface area (Å²) in [5.74, 6) is 4.27. The molecule has 0 atom stereocenters. The minimum atomic E-state index is -3.25. The van der Waals surface area contributed by atoms with E-state index in [4.69, 9.17) is 56.3 Å². The Labute approximate surface area is 863 Å². The van der Waals surface area contributed by atoms with Crippen molar-refractivity contribution in [1.82, 2.24) is 45.2 Å². The number of aliphatic hydroxyl groups excluding tert-OH is 1. The Hall–Kier alpha value is -8.90. The number of sulfone groups is 2. The average Bonchev–Trinajstić information content (AvgIpc) is 0.875. The third-order valence-corrected chi connectivity index (χ3v) is 27.8. The second-order valence-corrected chi connectivity index (χ2v) is 38.9. The van der Waals surface area contributed by atoms with Crippen LogP contribution in [0, 0.1) is 54.3 Å². The van der Waals surface area contributed by atoms with Gasteiger partial charge in [-0.3, -0.25) is 9.59 Å². The molecule has 1 aliphatic heterocycles. The maximum absolute atomic E-state index is 12.7. The minimum Gasteiger partial charge on any atom is -1.00 e. The van der Waals surface area contributed by atoms with Gasteiger partial charge in [0.05, 0.1) is 110 Å². The van der Waals surface area contributed by atoms with E-state index in [-0.39, 0.29) is 139 Å². The second kappa shape index (κ2) is 63.0. The van der Waals surface area contributed by atoms with Gasteiger partial charge in [0.25, 0.3) is 5.91 Å². The van der Waals surface area contributed by atoms with Crippen LogP contribution in [-0.4, -0.2) is 183 Å². The smallest absolute Gasteiger partial charge is 1.00 e. The molecule has 1 amide bonds. The molecule has 1 saturated heterocycles. The fourth-order valence-electron chi connectivity index (χ4n) is 15.2. The summed E-state index contributed by atoms with van der Waals surface area (Å²) in [5, 5.41) is 32.7. The van der Waals surface area contributed by atoms with Crippen LogP contribution >= 0.6 is 24.0 Å². The van der Waals surface area contributed by atoms with Crippen molar-refractivity contribution < 1.29 is 140 Å². The third-order valence-electron chi connectivity index (χ3n) is 24.0. The molecule has 36 heteroatoms. The topological polar surface area (TPSA) is 441 Å². The Morgan fingerprint density at radius 1 is 0.482 bits per heavy atom. The molecule has 0 unspecified atom stereocenters. The number of ether oxygens (including phenoxy) is 6. The van der Waals surface area contributed by atoms with Gasteiger partial charge < -0.3 is 61.7 Å². The summed E-state index contributed by atoms with van der Waals surface area (Å²) in [6.45, 7) is 19.2. The van der Waals surface area contributed by atoms with Crippen LogP contribution in [0.3, 0.4) is 0 Å². The third kappa shape index (κ3) is 39.6. The van der Waals surface area contributed by atoms with Gasteiger partial charge in [0.1, 0.15) is 37.1 Å². The number of esters is 2. The van der Waals surface area contributed by atoms with Crippen LogP contribution in [0.15, 0.2) is 181 Å². The number of aromatic nitrogens is 8. The predicted octanol–water partition coefficient (Wildman–Crippen LogP) is 12.7. The molecule has 734 valence electrons. The maximum Gasteiger partial charge on any atom is 1.00 e. The average molecular weight is 1990 g/mol. The van der Waals surface area contributed by atoms with Crippen molar-refractivity contribution in [3.05, 3.63) is 221 Å². The fraction of sp³-hybridized carbons (Fsp3) is 0.455. The number of amides is 1. The normalized spacial score (nSPS) is 17.8. The van der Waals surface area contributed by atoms with Gasteiger partial charge in [-0.25, -0.2) is 71.1 Å². The number of fused-ring (bicyclic) bond motifs is 4. The number of carboxylic acids is 2. The summed E-state index contributed by atoms with van der Waals surface area (Å²) >= 11 is 5.86. The van der Waals surface area contributed by atoms with Crippen LogP contribution in [0.5, 0.6) is 17.6 Å². The number of aryl methyl sites for hydroxylation is 1. The molecule has 11 aromatic rings. The van der Waals surface area contributed by atoms with Gasteiger partial charge in [-0.15, -0.1) is 12.4 Å². The number of carbonyl (C=O) groups is 5. The van der Waals surface area contributed by atoms with E-state index < -0.39 is 37.6 Å². The predicted molar refractivity (Wildman–Crippen MR) is 533 cm³/mol. The van der Waals surface area contributed by atoms with Crippen molar-refractivity contribution in [2.24, 2.45) is 53.1 Å². The number of nitrogens with zero attached hydrogens (tertiary/aromatic N) is 8. The summed E-state index contributed by atoms with van der Waals surface area (Å²) in [5.41, 5.74) is 13.5. The number of rotatable bonds is 22. The minimum absolute atomic E-state index is 0. The Balaban J connectivity index is 0.000000556. The monoisotopic (exact) mass is 1980 g/mol. The van der Waals surface area contributed by atoms with Crippen LogP contribution < -0.4 is 73.7 Å². The van der Waals surface area contributed by atoms with Crippen LogP contribution in [0.25, 0.3) is 43.6 Å². The van der Waals surface area contributed by atoms with E-state index in [0.29, 0.717) is 123 Å². The zero-order valence-electron chi connectivity index (χ0n) is 80.3. The molecule has 7 aromatic carbocycles. The number of benzene rings is 7. The second-order valence-electron chi connectivity index (χ2n) is 34.0. The number of halogens is 2. The van der Waals surface area contributed by atoms with Gasteiger partial charge in [0.2, 0.25) is 17.6 Å². The number of aliphatic hydroxyl groups is 1. The number of nitrogens with one attached hydrogen (secondary N) is 1. The van der Waals surface area contributed by atoms with E-state index in [0.717, 1.165) is 95.4 Å². The zero-order valence-corrected chi connectivity index (χ0v) is 84.5. The van der Waals surface area contributed by atoms with E-state index in [1.165, 1.54) is 135 Å². The molecule has 29 nitrogen and oxygen atoms in total. The number of nitrogens with two attached hydrogens (primary N) is 1. The number of hydrogen-bond acceptors (Lipinski definition) is 26. The quantitative estimate of drug-likeness (QED) is 0.0239. The van der Waals surface area contributed by atoms with Crippen molar-refractivity contribution in [1.29, 1.82) is 0 Å². The molecule has 4 aromatic heterocycles. The molecule has 0 bridgehead atoms. The number of carboxylic acid groups (broad SMARTS) is 2. The van der Waals surface area contributed by atoms with E-state index in [9.17, 15) is 40.8 Å². The van der Waals surface area contributed by atoms with Crippen LogP contribution in [0.1, 0.15) is 230 Å². The first kappa shape index (κ1) is 122. The van der Waals surface area contributed by atoms with Gasteiger partial charge >= 0.3 is 72.3 Å². The number of aromatic carboxylic acids is 1. The molecule has 4 aliphatic carbocycles. The molecule has 5 fully saturated rings. The fourth-order valence-corrected chi connectivity index (χ4v) is 17.2. The molecule has 137 heavy (non-hydrogen) atoms. The van der Waals surface area contributed by atoms with Gasteiger partial charge in [-0.05, 0) is 239 Å². The zero-order chi connectivity index (χ0) is 94.4. The Morgan fingerprint density at radius 2 is 0.832 bits per heavy atom. The number of methoxy groups -OCH3 is 2. The Bertz CT molecular complexity index is 5770. The van der Waals surface area contributed by atoms with E-state index in [2.05, 4.69) is 77.6 Å². The van der Waals surface area contributed by atoms with Gasteiger partial charge in [-0.2, -0.15) is 0 Å². The molecule has 5 aliphatic rings. The van der Waals surface area contributed by atoms with Crippen molar-refractivity contribution in [3.8, 4) is 17.6 Å². The Kier molecular flexibility index (Phi) is 56.2. The van der Waals surface area contributed by atoms with Crippen molar-refractivity contribution in [3.63, 3.8) is 0 Å². The summed E-state index contributed by atoms with van der Waals surface area (Å²) in [6.07, 6.45) is 27.3. The molecule has 4 saturated carbocycles. The van der Waals surface area contributed by atoms with Gasteiger partial charge in [0.15, 0.2) is 37.0 Å². The maximum atomic E-state index is 12.7. The van der Waals surface area contributed by atoms with Crippen LogP contribution in [-0.2, 0) is 58.4 Å². The molecular weight excluding hydrogens is 1850 g/mol. The van der Waals surface area contributed by atoms with Gasteiger partial charge in [0, 0.05) is 43.9 Å². The summed E-state index contributed by atoms with van der Waals surface area (Å²) in [6, 6.07) is 41.5.